The first-order valence-corrected chi connectivity index (χ1v) is 9.22. The van der Waals surface area contributed by atoms with Crippen molar-refractivity contribution < 1.29 is 9.59 Å². The molecule has 0 aromatic rings. The fraction of sp³-hybridized carbons (Fsp3) is 0.889. The van der Waals surface area contributed by atoms with Crippen molar-refractivity contribution in [3.05, 3.63) is 0 Å². The minimum absolute atomic E-state index is 0.0311. The molecule has 23 heavy (non-hydrogen) atoms. The van der Waals surface area contributed by atoms with Gasteiger partial charge in [-0.2, -0.15) is 0 Å². The lowest BCUT2D eigenvalue weighted by molar-refractivity contribution is -0.127. The first-order valence-electron chi connectivity index (χ1n) is 9.22. The maximum absolute atomic E-state index is 12.2. The van der Waals surface area contributed by atoms with Crippen molar-refractivity contribution in [2.45, 2.75) is 84.6 Å². The van der Waals surface area contributed by atoms with E-state index in [1.54, 1.807) is 0 Å². The van der Waals surface area contributed by atoms with Crippen LogP contribution in [0, 0.1) is 17.3 Å². The Morgan fingerprint density at radius 2 is 1.43 bits per heavy atom. The molecule has 0 radical (unpaired) electrons. The Hall–Kier alpha value is -1.26. The molecule has 3 N–H and O–H groups in total. The summed E-state index contributed by atoms with van der Waals surface area (Å²) in [7, 11) is 0. The Labute approximate surface area is 140 Å². The summed E-state index contributed by atoms with van der Waals surface area (Å²) >= 11 is 0. The van der Waals surface area contributed by atoms with Gasteiger partial charge in [0.1, 0.15) is 0 Å². The minimum atomic E-state index is -0.284. The van der Waals surface area contributed by atoms with Crippen molar-refractivity contribution in [3.8, 4) is 0 Å². The van der Waals surface area contributed by atoms with Crippen LogP contribution in [0.1, 0.15) is 78.6 Å². The zero-order chi connectivity index (χ0) is 16.9. The number of hydrogen-bond acceptors (Lipinski definition) is 2. The second-order valence-electron chi connectivity index (χ2n) is 8.34. The van der Waals surface area contributed by atoms with Crippen LogP contribution >= 0.6 is 0 Å². The number of hydrazine groups is 1. The Morgan fingerprint density at radius 1 is 0.826 bits per heavy atom. The Kier molecular flexibility index (Phi) is 6.31. The number of urea groups is 1. The van der Waals surface area contributed by atoms with Crippen LogP contribution in [-0.2, 0) is 4.79 Å². The number of amides is 3. The molecule has 2 rings (SSSR count). The number of rotatable bonds is 2. The van der Waals surface area contributed by atoms with E-state index in [-0.39, 0.29) is 23.9 Å². The molecule has 0 aliphatic heterocycles. The van der Waals surface area contributed by atoms with E-state index in [0.717, 1.165) is 38.5 Å². The third-order valence-electron chi connectivity index (χ3n) is 5.56. The van der Waals surface area contributed by atoms with Gasteiger partial charge in [0.2, 0.25) is 5.91 Å². The van der Waals surface area contributed by atoms with E-state index >= 15 is 0 Å². The lowest BCUT2D eigenvalue weighted by Crippen LogP contribution is -2.51. The Balaban J connectivity index is 1.66. The van der Waals surface area contributed by atoms with Gasteiger partial charge in [-0.25, -0.2) is 10.2 Å². The maximum Gasteiger partial charge on any atom is 0.333 e. The molecule has 0 atom stereocenters. The quantitative estimate of drug-likeness (QED) is 0.681. The van der Waals surface area contributed by atoms with Crippen molar-refractivity contribution in [2.75, 3.05) is 0 Å². The van der Waals surface area contributed by atoms with Gasteiger partial charge >= 0.3 is 6.03 Å². The average Bonchev–Trinajstić information content (AvgIpc) is 2.53. The van der Waals surface area contributed by atoms with Crippen LogP contribution in [0.4, 0.5) is 4.79 Å². The molecule has 0 aromatic heterocycles. The fourth-order valence-electron chi connectivity index (χ4n) is 3.91. The second kappa shape index (κ2) is 8.02. The maximum atomic E-state index is 12.2. The molecule has 2 aliphatic rings. The number of nitrogens with one attached hydrogen (secondary N) is 3. The summed E-state index contributed by atoms with van der Waals surface area (Å²) in [6.07, 6.45) is 9.71. The fourth-order valence-corrected chi connectivity index (χ4v) is 3.91. The topological polar surface area (TPSA) is 70.2 Å². The predicted molar refractivity (Wildman–Crippen MR) is 91.6 cm³/mol. The average molecular weight is 323 g/mol. The van der Waals surface area contributed by atoms with E-state index in [1.165, 1.54) is 19.3 Å². The van der Waals surface area contributed by atoms with Crippen molar-refractivity contribution in [1.29, 1.82) is 0 Å². The highest BCUT2D eigenvalue weighted by atomic mass is 16.2. The Morgan fingerprint density at radius 3 is 2.00 bits per heavy atom. The third-order valence-corrected chi connectivity index (χ3v) is 5.56. The first-order chi connectivity index (χ1) is 10.9. The molecule has 2 fully saturated rings. The second-order valence-corrected chi connectivity index (χ2v) is 8.34. The van der Waals surface area contributed by atoms with Crippen molar-refractivity contribution in [1.82, 2.24) is 16.2 Å². The molecular formula is C18H33N3O2. The van der Waals surface area contributed by atoms with E-state index < -0.39 is 0 Å². The first kappa shape index (κ1) is 18.1. The lowest BCUT2D eigenvalue weighted by atomic mass is 9.70. The van der Waals surface area contributed by atoms with Gasteiger partial charge in [0.15, 0.2) is 0 Å². The third kappa shape index (κ3) is 5.70. The molecule has 3 amide bonds. The molecule has 0 bridgehead atoms. The molecule has 0 unspecified atom stereocenters. The highest BCUT2D eigenvalue weighted by Crippen LogP contribution is 2.39. The molecule has 0 spiro atoms. The van der Waals surface area contributed by atoms with Gasteiger partial charge in [-0.15, -0.1) is 0 Å². The zero-order valence-electron chi connectivity index (χ0n) is 14.9. The van der Waals surface area contributed by atoms with E-state index in [9.17, 15) is 9.59 Å². The molecule has 2 saturated carbocycles. The van der Waals surface area contributed by atoms with Gasteiger partial charge in [-0.3, -0.25) is 10.2 Å². The molecule has 0 aromatic carbocycles. The molecule has 132 valence electrons. The van der Waals surface area contributed by atoms with E-state index in [2.05, 4.69) is 36.9 Å². The lowest BCUT2D eigenvalue weighted by Gasteiger charge is -2.36. The zero-order valence-corrected chi connectivity index (χ0v) is 14.9. The molecule has 5 heteroatoms. The number of carbonyl (C=O) groups excluding carboxylic acids is 2. The molecule has 0 heterocycles. The van der Waals surface area contributed by atoms with Crippen LogP contribution in [0.2, 0.25) is 0 Å². The van der Waals surface area contributed by atoms with E-state index in [4.69, 9.17) is 0 Å². The summed E-state index contributed by atoms with van der Waals surface area (Å²) in [6, 6.07) is -0.0310. The van der Waals surface area contributed by atoms with Crippen LogP contribution in [0.5, 0.6) is 0 Å². The van der Waals surface area contributed by atoms with Crippen molar-refractivity contribution in [3.63, 3.8) is 0 Å². The largest absolute Gasteiger partial charge is 0.334 e. The van der Waals surface area contributed by atoms with Gasteiger partial charge in [0.05, 0.1) is 0 Å². The van der Waals surface area contributed by atoms with Crippen LogP contribution in [-0.4, -0.2) is 18.0 Å². The van der Waals surface area contributed by atoms with Crippen LogP contribution in [0.25, 0.3) is 0 Å². The minimum Gasteiger partial charge on any atom is -0.334 e. The van der Waals surface area contributed by atoms with Crippen LogP contribution < -0.4 is 16.2 Å². The standard InChI is InChI=1S/C18H33N3O2/c1-18(2,3)14-11-9-13(10-12-14)16(22)20-21-17(23)19-15-7-5-4-6-8-15/h13-15H,4-12H2,1-3H3,(H,20,22)(H2,19,21,23). The number of hydrogen-bond donors (Lipinski definition) is 3. The summed E-state index contributed by atoms with van der Waals surface area (Å²) in [4.78, 5) is 24.0. The smallest absolute Gasteiger partial charge is 0.333 e. The molecule has 2 aliphatic carbocycles. The van der Waals surface area contributed by atoms with Gasteiger partial charge in [0, 0.05) is 12.0 Å². The SMILES string of the molecule is CC(C)(C)C1CCC(C(=O)NNC(=O)NC2CCCCC2)CC1. The molecule has 5 nitrogen and oxygen atoms in total. The highest BCUT2D eigenvalue weighted by molar-refractivity contribution is 5.82. The molecular weight excluding hydrogens is 290 g/mol. The van der Waals surface area contributed by atoms with Crippen molar-refractivity contribution in [2.24, 2.45) is 17.3 Å². The van der Waals surface area contributed by atoms with Gasteiger partial charge in [-0.1, -0.05) is 40.0 Å². The summed E-state index contributed by atoms with van der Waals surface area (Å²) in [5.74, 6) is 0.675. The summed E-state index contributed by atoms with van der Waals surface area (Å²) in [5, 5.41) is 2.94. The van der Waals surface area contributed by atoms with E-state index in [1.807, 2.05) is 0 Å². The van der Waals surface area contributed by atoms with Crippen molar-refractivity contribution >= 4 is 11.9 Å². The van der Waals surface area contributed by atoms with Gasteiger partial charge < -0.3 is 5.32 Å². The van der Waals surface area contributed by atoms with Crippen LogP contribution in [0.15, 0.2) is 0 Å². The summed E-state index contributed by atoms with van der Waals surface area (Å²) < 4.78 is 0. The summed E-state index contributed by atoms with van der Waals surface area (Å²) in [6.45, 7) is 6.82. The Bertz CT molecular complexity index is 403. The van der Waals surface area contributed by atoms with Gasteiger partial charge in [-0.05, 0) is 49.9 Å². The number of carbonyl (C=O) groups is 2. The normalized spacial score (nSPS) is 26.4. The van der Waals surface area contributed by atoms with Crippen LogP contribution in [0.3, 0.4) is 0 Å². The summed E-state index contributed by atoms with van der Waals surface area (Å²) in [5.41, 5.74) is 5.43. The monoisotopic (exact) mass is 323 g/mol. The van der Waals surface area contributed by atoms with Gasteiger partial charge in [0.25, 0.3) is 0 Å². The molecule has 0 saturated heterocycles. The predicted octanol–water partition coefficient (Wildman–Crippen LogP) is 3.50. The van der Waals surface area contributed by atoms with E-state index in [0.29, 0.717) is 11.3 Å². The highest BCUT2D eigenvalue weighted by Gasteiger charge is 2.32.